The minimum atomic E-state index is -0.0781. The van der Waals surface area contributed by atoms with Gasteiger partial charge in [-0.25, -0.2) is 9.97 Å². The Balaban J connectivity index is 2.21. The average Bonchev–Trinajstić information content (AvgIpc) is 2.80. The molecule has 0 saturated carbocycles. The quantitative estimate of drug-likeness (QED) is 0.772. The van der Waals surface area contributed by atoms with Crippen molar-refractivity contribution >= 4 is 27.5 Å². The maximum atomic E-state index is 12.2. The van der Waals surface area contributed by atoms with Crippen molar-refractivity contribution in [2.75, 3.05) is 5.73 Å². The number of hydrogen-bond acceptors (Lipinski definition) is 5. The van der Waals surface area contributed by atoms with Gasteiger partial charge in [0.15, 0.2) is 5.13 Å². The van der Waals surface area contributed by atoms with Gasteiger partial charge in [-0.2, -0.15) is 0 Å². The second-order valence-electron chi connectivity index (χ2n) is 4.24. The number of hydrogen-bond donors (Lipinski definition) is 1. The van der Waals surface area contributed by atoms with Crippen LogP contribution in [0.1, 0.15) is 10.6 Å². The van der Waals surface area contributed by atoms with Gasteiger partial charge in [0.05, 0.1) is 17.6 Å². The lowest BCUT2D eigenvalue weighted by molar-refractivity contribution is 0.785. The highest BCUT2D eigenvalue weighted by Crippen LogP contribution is 2.17. The molecule has 2 N–H and O–H groups in total. The molecule has 0 spiro atoms. The number of nitrogens with zero attached hydrogens (tertiary/aromatic N) is 3. The molecule has 0 unspecified atom stereocenters. The zero-order valence-corrected chi connectivity index (χ0v) is 11.1. The molecule has 0 aliphatic heterocycles. The predicted octanol–water partition coefficient (Wildman–Crippen LogP) is 1.79. The van der Waals surface area contributed by atoms with E-state index in [1.54, 1.807) is 17.7 Å². The second-order valence-corrected chi connectivity index (χ2v) is 5.39. The van der Waals surface area contributed by atoms with Crippen LogP contribution in [0.4, 0.5) is 5.13 Å². The molecule has 0 atom stereocenters. The number of thiazole rings is 1. The van der Waals surface area contributed by atoms with Crippen LogP contribution in [-0.2, 0) is 6.54 Å². The molecule has 96 valence electrons. The van der Waals surface area contributed by atoms with Gasteiger partial charge in [-0.05, 0) is 19.1 Å². The molecule has 2 heterocycles. The first kappa shape index (κ1) is 11.9. The Kier molecular flexibility index (Phi) is 2.79. The topological polar surface area (TPSA) is 73.8 Å². The van der Waals surface area contributed by atoms with Crippen molar-refractivity contribution in [1.82, 2.24) is 14.5 Å². The van der Waals surface area contributed by atoms with Crippen molar-refractivity contribution in [1.29, 1.82) is 0 Å². The fourth-order valence-corrected chi connectivity index (χ4v) is 2.70. The summed E-state index contributed by atoms with van der Waals surface area (Å²) in [5.41, 5.74) is 7.68. The molecule has 1 aromatic carbocycles. The number of anilines is 1. The Hall–Kier alpha value is -2.21. The van der Waals surface area contributed by atoms with Gasteiger partial charge in [-0.3, -0.25) is 9.36 Å². The molecule has 5 nitrogen and oxygen atoms in total. The lowest BCUT2D eigenvalue weighted by atomic mass is 10.2. The molecule has 0 aliphatic carbocycles. The minimum Gasteiger partial charge on any atom is -0.375 e. The minimum absolute atomic E-state index is 0.0781. The zero-order chi connectivity index (χ0) is 13.4. The summed E-state index contributed by atoms with van der Waals surface area (Å²) in [7, 11) is 0. The van der Waals surface area contributed by atoms with Crippen LogP contribution in [0.2, 0.25) is 0 Å². The van der Waals surface area contributed by atoms with E-state index in [1.165, 1.54) is 11.3 Å². The van der Waals surface area contributed by atoms with Gasteiger partial charge in [0.2, 0.25) is 0 Å². The zero-order valence-electron chi connectivity index (χ0n) is 10.3. The van der Waals surface area contributed by atoms with E-state index in [1.807, 2.05) is 24.3 Å². The Morgan fingerprint density at radius 3 is 2.89 bits per heavy atom. The van der Waals surface area contributed by atoms with Gasteiger partial charge in [0, 0.05) is 11.1 Å². The Bertz CT molecular complexity index is 806. The van der Waals surface area contributed by atoms with Crippen LogP contribution in [0.15, 0.2) is 35.3 Å². The molecule has 19 heavy (non-hydrogen) atoms. The third-order valence-electron chi connectivity index (χ3n) is 2.90. The number of rotatable bonds is 2. The van der Waals surface area contributed by atoms with Gasteiger partial charge < -0.3 is 5.73 Å². The van der Waals surface area contributed by atoms with Crippen molar-refractivity contribution < 1.29 is 0 Å². The normalized spacial score (nSPS) is 11.0. The predicted molar refractivity (Wildman–Crippen MR) is 76.4 cm³/mol. The monoisotopic (exact) mass is 272 g/mol. The van der Waals surface area contributed by atoms with Crippen molar-refractivity contribution in [2.45, 2.75) is 13.5 Å². The number of nitrogen functional groups attached to an aromatic ring is 1. The lowest BCUT2D eigenvalue weighted by Crippen LogP contribution is -2.24. The number of nitrogens with two attached hydrogens (primary N) is 1. The first-order chi connectivity index (χ1) is 9.15. The van der Waals surface area contributed by atoms with E-state index in [0.717, 1.165) is 15.9 Å². The number of aromatic nitrogens is 3. The molecular weight excluding hydrogens is 260 g/mol. The van der Waals surface area contributed by atoms with E-state index in [-0.39, 0.29) is 5.56 Å². The average molecular weight is 272 g/mol. The van der Waals surface area contributed by atoms with E-state index < -0.39 is 0 Å². The van der Waals surface area contributed by atoms with Crippen molar-refractivity contribution in [3.05, 3.63) is 51.4 Å². The van der Waals surface area contributed by atoms with E-state index in [2.05, 4.69) is 9.97 Å². The van der Waals surface area contributed by atoms with Gasteiger partial charge in [-0.15, -0.1) is 11.3 Å². The Morgan fingerprint density at radius 1 is 1.37 bits per heavy atom. The van der Waals surface area contributed by atoms with Crippen molar-refractivity contribution in [3.8, 4) is 0 Å². The molecule has 0 radical (unpaired) electrons. The molecule has 0 saturated heterocycles. The Morgan fingerprint density at radius 2 is 2.16 bits per heavy atom. The number of benzene rings is 1. The molecule has 0 fully saturated rings. The summed E-state index contributed by atoms with van der Waals surface area (Å²) < 4.78 is 1.71. The summed E-state index contributed by atoms with van der Waals surface area (Å²) in [4.78, 5) is 21.5. The van der Waals surface area contributed by atoms with E-state index in [0.29, 0.717) is 17.4 Å². The van der Waals surface area contributed by atoms with Gasteiger partial charge in [-0.1, -0.05) is 12.1 Å². The molecular formula is C13H12N4OS. The summed E-state index contributed by atoms with van der Waals surface area (Å²) in [5.74, 6) is 0. The highest BCUT2D eigenvalue weighted by molar-refractivity contribution is 7.15. The Labute approximate surface area is 113 Å². The van der Waals surface area contributed by atoms with Crippen LogP contribution in [0.3, 0.4) is 0 Å². The van der Waals surface area contributed by atoms with Crippen molar-refractivity contribution in [3.63, 3.8) is 0 Å². The summed E-state index contributed by atoms with van der Waals surface area (Å²) in [6.45, 7) is 2.20. The summed E-state index contributed by atoms with van der Waals surface area (Å²) in [5, 5.41) is 0.512. The van der Waals surface area contributed by atoms with Gasteiger partial charge in [0.25, 0.3) is 5.56 Å². The SMILES string of the molecule is Cc1nc2ccccc2n(Cc2cnc(N)s2)c1=O. The van der Waals surface area contributed by atoms with Gasteiger partial charge in [0.1, 0.15) is 5.69 Å². The molecule has 0 amide bonds. The van der Waals surface area contributed by atoms with Gasteiger partial charge >= 0.3 is 0 Å². The van der Waals surface area contributed by atoms with Crippen LogP contribution in [-0.4, -0.2) is 14.5 Å². The number of fused-ring (bicyclic) bond motifs is 1. The fraction of sp³-hybridized carbons (Fsp3) is 0.154. The molecule has 6 heteroatoms. The second kappa shape index (κ2) is 4.47. The third kappa shape index (κ3) is 2.10. The first-order valence-electron chi connectivity index (χ1n) is 5.81. The maximum absolute atomic E-state index is 12.2. The lowest BCUT2D eigenvalue weighted by Gasteiger charge is -2.09. The van der Waals surface area contributed by atoms with Crippen LogP contribution in [0.5, 0.6) is 0 Å². The van der Waals surface area contributed by atoms with E-state index in [4.69, 9.17) is 5.73 Å². The van der Waals surface area contributed by atoms with Crippen LogP contribution in [0, 0.1) is 6.92 Å². The summed E-state index contributed by atoms with van der Waals surface area (Å²) in [6, 6.07) is 7.61. The van der Waals surface area contributed by atoms with Crippen molar-refractivity contribution in [2.24, 2.45) is 0 Å². The maximum Gasteiger partial charge on any atom is 0.272 e. The largest absolute Gasteiger partial charge is 0.375 e. The van der Waals surface area contributed by atoms with Crippen LogP contribution in [0.25, 0.3) is 11.0 Å². The highest BCUT2D eigenvalue weighted by Gasteiger charge is 2.09. The highest BCUT2D eigenvalue weighted by atomic mass is 32.1. The standard InChI is InChI=1S/C13H12N4OS/c1-8-12(18)17(7-9-6-15-13(14)19-9)11-5-3-2-4-10(11)16-8/h2-6H,7H2,1H3,(H2,14,15). The molecule has 3 aromatic rings. The number of para-hydroxylation sites is 2. The summed E-state index contributed by atoms with van der Waals surface area (Å²) >= 11 is 1.39. The summed E-state index contributed by atoms with van der Waals surface area (Å²) in [6.07, 6.45) is 1.71. The fourth-order valence-electron chi connectivity index (χ4n) is 2.03. The van der Waals surface area contributed by atoms with Crippen LogP contribution < -0.4 is 11.3 Å². The molecule has 2 aromatic heterocycles. The smallest absolute Gasteiger partial charge is 0.272 e. The molecule has 0 aliphatic rings. The molecule has 3 rings (SSSR count). The van der Waals surface area contributed by atoms with E-state index in [9.17, 15) is 4.79 Å². The van der Waals surface area contributed by atoms with Crippen LogP contribution >= 0.6 is 11.3 Å². The first-order valence-corrected chi connectivity index (χ1v) is 6.63. The van der Waals surface area contributed by atoms with E-state index >= 15 is 0 Å². The number of aryl methyl sites for hydroxylation is 1. The third-order valence-corrected chi connectivity index (χ3v) is 3.71. The molecule has 0 bridgehead atoms.